The minimum absolute atomic E-state index is 0.158. The Hall–Kier alpha value is -1.79. The van der Waals surface area contributed by atoms with Gasteiger partial charge >= 0.3 is 7.60 Å². The molecule has 0 saturated carbocycles. The van der Waals surface area contributed by atoms with Crippen LogP contribution < -0.4 is 5.73 Å². The van der Waals surface area contributed by atoms with Crippen LogP contribution in [0.25, 0.3) is 11.3 Å². The summed E-state index contributed by atoms with van der Waals surface area (Å²) < 4.78 is 21.7. The fourth-order valence-corrected chi connectivity index (χ4v) is 2.58. The predicted molar refractivity (Wildman–Crippen MR) is 83.2 cm³/mol. The van der Waals surface area contributed by atoms with E-state index in [9.17, 15) is 4.57 Å². The maximum absolute atomic E-state index is 11.8. The number of aliphatic hydroxyl groups is 1. The van der Waals surface area contributed by atoms with Crippen LogP contribution in [0.15, 0.2) is 36.7 Å². The molecular formula is C14H18N3O4P. The second-order valence-electron chi connectivity index (χ2n) is 4.50. The van der Waals surface area contributed by atoms with Crippen LogP contribution in [0.3, 0.4) is 0 Å². The summed E-state index contributed by atoms with van der Waals surface area (Å²) in [5.74, 6) is 0.355. The van der Waals surface area contributed by atoms with E-state index >= 15 is 0 Å². The SMILES string of the molecule is COP(=O)(CO)OCCc1ccccc1-c1cnc(N)cn1. The fourth-order valence-electron chi connectivity index (χ4n) is 1.91. The van der Waals surface area contributed by atoms with Gasteiger partial charge in [0.25, 0.3) is 0 Å². The summed E-state index contributed by atoms with van der Waals surface area (Å²) in [5, 5.41) is 9.00. The largest absolute Gasteiger partial charge is 0.384 e. The Labute approximate surface area is 128 Å². The van der Waals surface area contributed by atoms with Gasteiger partial charge in [0.2, 0.25) is 0 Å². The van der Waals surface area contributed by atoms with Crippen molar-refractivity contribution in [3.63, 3.8) is 0 Å². The molecule has 2 aromatic rings. The molecule has 22 heavy (non-hydrogen) atoms. The average molecular weight is 323 g/mol. The zero-order valence-corrected chi connectivity index (χ0v) is 13.1. The number of benzene rings is 1. The fraction of sp³-hybridized carbons (Fsp3) is 0.286. The highest BCUT2D eigenvalue weighted by Gasteiger charge is 2.21. The summed E-state index contributed by atoms with van der Waals surface area (Å²) in [6.07, 6.45) is 2.94. The highest BCUT2D eigenvalue weighted by molar-refractivity contribution is 7.53. The summed E-state index contributed by atoms with van der Waals surface area (Å²) >= 11 is 0. The van der Waals surface area contributed by atoms with E-state index in [2.05, 4.69) is 9.97 Å². The van der Waals surface area contributed by atoms with Crippen molar-refractivity contribution in [2.75, 3.05) is 25.8 Å². The minimum atomic E-state index is -3.40. The highest BCUT2D eigenvalue weighted by Crippen LogP contribution is 2.45. The molecule has 3 N–H and O–H groups in total. The molecule has 0 bridgehead atoms. The maximum atomic E-state index is 11.8. The number of nitrogen functional groups attached to an aromatic ring is 1. The van der Waals surface area contributed by atoms with E-state index in [1.54, 1.807) is 6.20 Å². The zero-order chi connectivity index (χ0) is 16.0. The van der Waals surface area contributed by atoms with Gasteiger partial charge in [-0.1, -0.05) is 24.3 Å². The van der Waals surface area contributed by atoms with E-state index in [4.69, 9.17) is 19.9 Å². The van der Waals surface area contributed by atoms with Crippen molar-refractivity contribution in [2.45, 2.75) is 6.42 Å². The van der Waals surface area contributed by atoms with Crippen molar-refractivity contribution < 1.29 is 18.7 Å². The molecule has 0 aliphatic heterocycles. The van der Waals surface area contributed by atoms with E-state index in [1.807, 2.05) is 24.3 Å². The first-order chi connectivity index (χ1) is 10.6. The van der Waals surface area contributed by atoms with Crippen LogP contribution in [0.2, 0.25) is 0 Å². The van der Waals surface area contributed by atoms with Gasteiger partial charge in [0, 0.05) is 12.7 Å². The van der Waals surface area contributed by atoms with Gasteiger partial charge in [-0.3, -0.25) is 9.55 Å². The molecule has 1 heterocycles. The minimum Gasteiger partial charge on any atom is -0.384 e. The lowest BCUT2D eigenvalue weighted by molar-refractivity contribution is 0.204. The second kappa shape index (κ2) is 7.47. The quantitative estimate of drug-likeness (QED) is 0.751. The van der Waals surface area contributed by atoms with Gasteiger partial charge in [0.15, 0.2) is 0 Å². The smallest absolute Gasteiger partial charge is 0.355 e. The van der Waals surface area contributed by atoms with Crippen LogP contribution in [-0.4, -0.2) is 35.1 Å². The molecule has 0 saturated heterocycles. The normalized spacial score (nSPS) is 13.7. The Morgan fingerprint density at radius 1 is 1.27 bits per heavy atom. The van der Waals surface area contributed by atoms with Gasteiger partial charge in [-0.15, -0.1) is 0 Å². The summed E-state index contributed by atoms with van der Waals surface area (Å²) in [7, 11) is -2.16. The zero-order valence-electron chi connectivity index (χ0n) is 12.2. The number of nitrogens with zero attached hydrogens (tertiary/aromatic N) is 2. The third-order valence-electron chi connectivity index (χ3n) is 3.08. The molecule has 0 aliphatic carbocycles. The molecule has 1 aromatic heterocycles. The number of aromatic nitrogens is 2. The van der Waals surface area contributed by atoms with E-state index in [0.29, 0.717) is 17.9 Å². The number of hydrogen-bond donors (Lipinski definition) is 2. The lowest BCUT2D eigenvalue weighted by Crippen LogP contribution is -2.03. The van der Waals surface area contributed by atoms with Gasteiger partial charge in [0.1, 0.15) is 12.2 Å². The summed E-state index contributed by atoms with van der Waals surface area (Å²) in [6.45, 7) is 0.158. The topological polar surface area (TPSA) is 108 Å². The van der Waals surface area contributed by atoms with Crippen LogP contribution in [-0.2, 0) is 20.0 Å². The second-order valence-corrected chi connectivity index (χ2v) is 6.63. The van der Waals surface area contributed by atoms with E-state index in [0.717, 1.165) is 11.1 Å². The number of nitrogens with two attached hydrogens (primary N) is 1. The molecule has 1 atom stereocenters. The lowest BCUT2D eigenvalue weighted by atomic mass is 10.0. The number of aliphatic hydroxyl groups excluding tert-OH is 1. The highest BCUT2D eigenvalue weighted by atomic mass is 31.2. The third-order valence-corrected chi connectivity index (χ3v) is 4.55. The van der Waals surface area contributed by atoms with E-state index in [-0.39, 0.29) is 6.61 Å². The van der Waals surface area contributed by atoms with Crippen molar-refractivity contribution in [1.82, 2.24) is 9.97 Å². The van der Waals surface area contributed by atoms with Crippen molar-refractivity contribution >= 4 is 13.4 Å². The summed E-state index contributed by atoms with van der Waals surface area (Å²) in [4.78, 5) is 8.28. The summed E-state index contributed by atoms with van der Waals surface area (Å²) in [6, 6.07) is 7.63. The molecular weight excluding hydrogens is 305 g/mol. The van der Waals surface area contributed by atoms with Crippen molar-refractivity contribution in [2.24, 2.45) is 0 Å². The molecule has 0 radical (unpaired) electrons. The van der Waals surface area contributed by atoms with Gasteiger partial charge in [-0.2, -0.15) is 0 Å². The molecule has 1 unspecified atom stereocenters. The summed E-state index contributed by atoms with van der Waals surface area (Å²) in [5.41, 5.74) is 8.09. The Balaban J connectivity index is 2.12. The number of hydrogen-bond acceptors (Lipinski definition) is 7. The van der Waals surface area contributed by atoms with Gasteiger partial charge in [0.05, 0.1) is 24.7 Å². The molecule has 0 aliphatic rings. The maximum Gasteiger partial charge on any atom is 0.355 e. The molecule has 118 valence electrons. The third kappa shape index (κ3) is 4.11. The van der Waals surface area contributed by atoms with Gasteiger partial charge < -0.3 is 19.9 Å². The van der Waals surface area contributed by atoms with Crippen molar-refractivity contribution in [3.05, 3.63) is 42.2 Å². The average Bonchev–Trinajstić information content (AvgIpc) is 2.56. The Kier molecular flexibility index (Phi) is 5.63. The molecule has 8 heteroatoms. The molecule has 0 fully saturated rings. The lowest BCUT2D eigenvalue weighted by Gasteiger charge is -2.14. The van der Waals surface area contributed by atoms with Crippen LogP contribution in [0.4, 0.5) is 5.82 Å². The van der Waals surface area contributed by atoms with Gasteiger partial charge in [-0.25, -0.2) is 4.98 Å². The van der Waals surface area contributed by atoms with Gasteiger partial charge in [-0.05, 0) is 12.0 Å². The van der Waals surface area contributed by atoms with Crippen LogP contribution in [0.5, 0.6) is 0 Å². The molecule has 2 rings (SSSR count). The monoisotopic (exact) mass is 323 g/mol. The molecule has 0 amide bonds. The van der Waals surface area contributed by atoms with Crippen molar-refractivity contribution in [1.29, 1.82) is 0 Å². The Bertz CT molecular complexity index is 655. The van der Waals surface area contributed by atoms with Crippen LogP contribution in [0, 0.1) is 0 Å². The Morgan fingerprint density at radius 2 is 2.05 bits per heavy atom. The van der Waals surface area contributed by atoms with Crippen molar-refractivity contribution in [3.8, 4) is 11.3 Å². The van der Waals surface area contributed by atoms with Crippen LogP contribution >= 0.6 is 7.60 Å². The van der Waals surface area contributed by atoms with E-state index in [1.165, 1.54) is 13.3 Å². The molecule has 0 spiro atoms. The first-order valence-electron chi connectivity index (χ1n) is 6.64. The van der Waals surface area contributed by atoms with Crippen LogP contribution in [0.1, 0.15) is 5.56 Å². The molecule has 1 aromatic carbocycles. The Morgan fingerprint density at radius 3 is 2.68 bits per heavy atom. The number of anilines is 1. The predicted octanol–water partition coefficient (Wildman–Crippen LogP) is 2.07. The first-order valence-corrected chi connectivity index (χ1v) is 8.37. The first kappa shape index (κ1) is 16.6. The number of rotatable bonds is 7. The standard InChI is InChI=1S/C14H18N3O4P/c1-20-22(19,10-18)21-7-6-11-4-2-3-5-12(11)13-8-17-14(15)9-16-13/h2-5,8-9,18H,6-7,10H2,1H3,(H2,15,17). The molecule has 7 nitrogen and oxygen atoms in total. The van der Waals surface area contributed by atoms with E-state index < -0.39 is 13.9 Å².